The zero-order chi connectivity index (χ0) is 26.7. The number of nitrogens with zero attached hydrogens (tertiary/aromatic N) is 1. The molecule has 0 saturated carbocycles. The van der Waals surface area contributed by atoms with E-state index in [2.05, 4.69) is 5.32 Å². The summed E-state index contributed by atoms with van der Waals surface area (Å²) in [5, 5.41) is 1.18. The first kappa shape index (κ1) is 26.5. The van der Waals surface area contributed by atoms with Crippen molar-refractivity contribution in [3.05, 3.63) is 64.7 Å². The third kappa shape index (κ3) is 5.72. The van der Waals surface area contributed by atoms with Crippen molar-refractivity contribution in [2.45, 2.75) is 56.7 Å². The fraction of sp³-hybridized carbons (Fsp3) is 0.385. The summed E-state index contributed by atoms with van der Waals surface area (Å²) in [6.07, 6.45) is 2.23. The van der Waals surface area contributed by atoms with Gasteiger partial charge in [0.15, 0.2) is 0 Å². The monoisotopic (exact) mass is 528 g/mol. The number of rotatable bonds is 10. The molecule has 2 aliphatic heterocycles. The lowest BCUT2D eigenvalue weighted by Crippen LogP contribution is -2.54. The molecule has 2 aromatic rings. The standard InChI is InChI=1S/C26H28N2O8S/c1-16-7-4-5-8-18(16)22(37(33,34)35)9-3-2-6-14-36-17-10-11-19-20(15-17)26(32)28(25(19)31)21-12-13-23(29)27-24(21)30/h4-5,7-8,10-11,15,21-22H,2-3,6,9,12-14H2,1H3,(H,27,29,30)(H,33,34,35). The van der Waals surface area contributed by atoms with Crippen molar-refractivity contribution in [2.75, 3.05) is 6.61 Å². The number of imide groups is 2. The summed E-state index contributed by atoms with van der Waals surface area (Å²) < 4.78 is 39.3. The molecule has 0 bridgehead atoms. The van der Waals surface area contributed by atoms with Gasteiger partial charge in [0, 0.05) is 6.42 Å². The highest BCUT2D eigenvalue weighted by Gasteiger charge is 2.44. The number of carbonyl (C=O) groups excluding carboxylic acids is 4. The maximum Gasteiger partial charge on any atom is 0.271 e. The highest BCUT2D eigenvalue weighted by molar-refractivity contribution is 7.86. The number of hydrogen-bond donors (Lipinski definition) is 2. The molecule has 10 nitrogen and oxygen atoms in total. The predicted octanol–water partition coefficient (Wildman–Crippen LogP) is 2.96. The lowest BCUT2D eigenvalue weighted by Gasteiger charge is -2.27. The van der Waals surface area contributed by atoms with Crippen LogP contribution in [0.2, 0.25) is 0 Å². The average Bonchev–Trinajstić information content (AvgIpc) is 3.08. The quantitative estimate of drug-likeness (QED) is 0.272. The van der Waals surface area contributed by atoms with E-state index in [4.69, 9.17) is 4.74 Å². The van der Waals surface area contributed by atoms with Gasteiger partial charge in [-0.05, 0) is 55.5 Å². The van der Waals surface area contributed by atoms with Crippen LogP contribution in [0.25, 0.3) is 0 Å². The predicted molar refractivity (Wildman–Crippen MR) is 133 cm³/mol. The number of aryl methyl sites for hydroxylation is 1. The smallest absolute Gasteiger partial charge is 0.271 e. The molecule has 0 aliphatic carbocycles. The van der Waals surface area contributed by atoms with Crippen molar-refractivity contribution >= 4 is 33.7 Å². The van der Waals surface area contributed by atoms with E-state index in [1.807, 2.05) is 6.07 Å². The van der Waals surface area contributed by atoms with Gasteiger partial charge in [0.2, 0.25) is 11.8 Å². The Balaban J connectivity index is 1.30. The van der Waals surface area contributed by atoms with E-state index in [9.17, 15) is 32.1 Å². The summed E-state index contributed by atoms with van der Waals surface area (Å²) in [5.41, 5.74) is 1.70. The molecule has 4 amide bonds. The van der Waals surface area contributed by atoms with Gasteiger partial charge in [-0.1, -0.05) is 37.1 Å². The van der Waals surface area contributed by atoms with Crippen molar-refractivity contribution in [3.63, 3.8) is 0 Å². The minimum atomic E-state index is -4.25. The largest absolute Gasteiger partial charge is 0.494 e. The summed E-state index contributed by atoms with van der Waals surface area (Å²) >= 11 is 0. The summed E-state index contributed by atoms with van der Waals surface area (Å²) in [7, 11) is -4.25. The third-order valence-corrected chi connectivity index (χ3v) is 7.89. The van der Waals surface area contributed by atoms with Crippen molar-refractivity contribution in [2.24, 2.45) is 0 Å². The second-order valence-corrected chi connectivity index (χ2v) is 10.8. The van der Waals surface area contributed by atoms with E-state index in [-0.39, 0.29) is 30.4 Å². The molecule has 196 valence electrons. The third-order valence-electron chi connectivity index (χ3n) is 6.69. The van der Waals surface area contributed by atoms with E-state index >= 15 is 0 Å². The molecule has 2 N–H and O–H groups in total. The number of nitrogens with one attached hydrogen (secondary N) is 1. The summed E-state index contributed by atoms with van der Waals surface area (Å²) in [5.74, 6) is -1.89. The van der Waals surface area contributed by atoms with Crippen molar-refractivity contribution in [1.29, 1.82) is 0 Å². The number of unbranched alkanes of at least 4 members (excludes halogenated alkanes) is 2. The summed E-state index contributed by atoms with van der Waals surface area (Å²) in [6.45, 7) is 2.11. The second-order valence-electron chi connectivity index (χ2n) is 9.21. The highest BCUT2D eigenvalue weighted by atomic mass is 32.2. The molecule has 2 unspecified atom stereocenters. The number of carbonyl (C=O) groups is 4. The van der Waals surface area contributed by atoms with Crippen molar-refractivity contribution in [3.8, 4) is 5.75 Å². The molecular weight excluding hydrogens is 500 g/mol. The molecular formula is C26H28N2O8S. The number of hydrogen-bond acceptors (Lipinski definition) is 7. The minimum Gasteiger partial charge on any atom is -0.494 e. The van der Waals surface area contributed by atoms with Gasteiger partial charge in [0.1, 0.15) is 17.0 Å². The van der Waals surface area contributed by atoms with Crippen LogP contribution in [0.4, 0.5) is 0 Å². The Morgan fingerprint density at radius 2 is 1.76 bits per heavy atom. The molecule has 37 heavy (non-hydrogen) atoms. The molecule has 2 atom stereocenters. The van der Waals surface area contributed by atoms with Gasteiger partial charge in [0.25, 0.3) is 21.9 Å². The molecule has 2 aliphatic rings. The highest BCUT2D eigenvalue weighted by Crippen LogP contribution is 2.31. The van der Waals surface area contributed by atoms with Gasteiger partial charge in [0.05, 0.1) is 17.7 Å². The first-order chi connectivity index (χ1) is 17.6. The van der Waals surface area contributed by atoms with E-state index in [1.54, 1.807) is 31.2 Å². The average molecular weight is 529 g/mol. The number of benzene rings is 2. The van der Waals surface area contributed by atoms with E-state index in [1.165, 1.54) is 12.1 Å². The lowest BCUT2D eigenvalue weighted by atomic mass is 10.0. The topological polar surface area (TPSA) is 147 Å². The van der Waals surface area contributed by atoms with Crippen LogP contribution in [0.15, 0.2) is 42.5 Å². The number of amides is 4. The Morgan fingerprint density at radius 1 is 1.03 bits per heavy atom. The van der Waals surface area contributed by atoms with Crippen LogP contribution in [0.5, 0.6) is 5.75 Å². The zero-order valence-electron chi connectivity index (χ0n) is 20.3. The first-order valence-corrected chi connectivity index (χ1v) is 13.6. The van der Waals surface area contributed by atoms with Gasteiger partial charge in [-0.2, -0.15) is 8.42 Å². The number of piperidine rings is 1. The maximum absolute atomic E-state index is 12.9. The Bertz CT molecular complexity index is 1350. The van der Waals surface area contributed by atoms with E-state index in [0.717, 1.165) is 10.5 Å². The SMILES string of the molecule is Cc1ccccc1C(CCCCCOc1ccc2c(c1)C(=O)N(C1CCC(=O)NC1=O)C2=O)S(=O)(=O)O. The van der Waals surface area contributed by atoms with Gasteiger partial charge < -0.3 is 4.74 Å². The van der Waals surface area contributed by atoms with Gasteiger partial charge in [-0.25, -0.2) is 0 Å². The van der Waals surface area contributed by atoms with E-state index in [0.29, 0.717) is 37.2 Å². The Hall–Kier alpha value is -3.57. The van der Waals surface area contributed by atoms with Gasteiger partial charge in [-0.15, -0.1) is 0 Å². The molecule has 0 aromatic heterocycles. The fourth-order valence-corrected chi connectivity index (χ4v) is 5.80. The Kier molecular flexibility index (Phi) is 7.74. The van der Waals surface area contributed by atoms with Crippen LogP contribution < -0.4 is 10.1 Å². The molecule has 4 rings (SSSR count). The molecule has 2 aromatic carbocycles. The Morgan fingerprint density at radius 3 is 2.46 bits per heavy atom. The van der Waals surface area contributed by atoms with Gasteiger partial charge in [-0.3, -0.25) is 33.9 Å². The molecule has 2 heterocycles. The van der Waals surface area contributed by atoms with Crippen LogP contribution >= 0.6 is 0 Å². The molecule has 11 heteroatoms. The summed E-state index contributed by atoms with van der Waals surface area (Å²) in [4.78, 5) is 50.1. The van der Waals surface area contributed by atoms with Crippen LogP contribution in [-0.4, -0.2) is 54.1 Å². The lowest BCUT2D eigenvalue weighted by molar-refractivity contribution is -0.136. The van der Waals surface area contributed by atoms with Crippen LogP contribution in [0.3, 0.4) is 0 Å². The molecule has 0 spiro atoms. The second kappa shape index (κ2) is 10.8. The molecule has 1 saturated heterocycles. The summed E-state index contributed by atoms with van der Waals surface area (Å²) in [6, 6.07) is 10.6. The van der Waals surface area contributed by atoms with Crippen LogP contribution in [-0.2, 0) is 19.7 Å². The van der Waals surface area contributed by atoms with Crippen LogP contribution in [0.1, 0.15) is 75.6 Å². The number of fused-ring (bicyclic) bond motifs is 1. The van der Waals surface area contributed by atoms with E-state index < -0.39 is 45.0 Å². The van der Waals surface area contributed by atoms with Crippen molar-refractivity contribution < 1.29 is 36.9 Å². The molecule has 0 radical (unpaired) electrons. The normalized spacial score (nSPS) is 18.5. The van der Waals surface area contributed by atoms with Crippen molar-refractivity contribution in [1.82, 2.24) is 10.2 Å². The van der Waals surface area contributed by atoms with Gasteiger partial charge >= 0.3 is 0 Å². The minimum absolute atomic E-state index is 0.0497. The van der Waals surface area contributed by atoms with Crippen LogP contribution in [0, 0.1) is 6.92 Å². The molecule has 1 fully saturated rings. The first-order valence-electron chi connectivity index (χ1n) is 12.1. The Labute approximate surface area is 214 Å². The number of ether oxygens (including phenoxy) is 1. The fourth-order valence-electron chi connectivity index (χ4n) is 4.75. The maximum atomic E-state index is 12.9. The zero-order valence-corrected chi connectivity index (χ0v) is 21.1.